The Morgan fingerprint density at radius 2 is 1.81 bits per heavy atom. The zero-order valence-corrected chi connectivity index (χ0v) is 15.1. The number of amides is 1. The molecule has 0 saturated carbocycles. The number of aryl methyl sites for hydroxylation is 2. The van der Waals surface area contributed by atoms with Crippen LogP contribution in [0.4, 0.5) is 5.82 Å². The largest absolute Gasteiger partial charge is 0.305 e. The van der Waals surface area contributed by atoms with Crippen molar-refractivity contribution in [2.24, 2.45) is 7.05 Å². The summed E-state index contributed by atoms with van der Waals surface area (Å²) in [6.45, 7) is 2.02. The molecule has 0 unspecified atom stereocenters. The Balaban J connectivity index is 1.78. The number of nitrogens with one attached hydrogen (secondary N) is 1. The fourth-order valence-electron chi connectivity index (χ4n) is 2.92. The van der Waals surface area contributed by atoms with E-state index in [1.165, 1.54) is 0 Å². The highest BCUT2D eigenvalue weighted by molar-refractivity contribution is 6.07. The van der Waals surface area contributed by atoms with E-state index >= 15 is 0 Å². The van der Waals surface area contributed by atoms with Crippen LogP contribution in [0, 0.1) is 6.92 Å². The second-order valence-corrected chi connectivity index (χ2v) is 6.37. The Kier molecular flexibility index (Phi) is 4.30. The van der Waals surface area contributed by atoms with Crippen molar-refractivity contribution in [3.05, 3.63) is 84.2 Å². The number of anilines is 1. The molecule has 6 heteroatoms. The maximum atomic E-state index is 12.9. The van der Waals surface area contributed by atoms with E-state index in [2.05, 4.69) is 15.5 Å². The van der Waals surface area contributed by atoms with Crippen molar-refractivity contribution in [2.45, 2.75) is 6.92 Å². The smallest absolute Gasteiger partial charge is 0.260 e. The van der Waals surface area contributed by atoms with E-state index in [1.807, 2.05) is 61.5 Å². The molecule has 2 aromatic carbocycles. The minimum absolute atomic E-state index is 0.243. The molecule has 4 rings (SSSR count). The van der Waals surface area contributed by atoms with E-state index in [0.29, 0.717) is 17.1 Å². The van der Waals surface area contributed by atoms with Crippen molar-refractivity contribution in [1.29, 1.82) is 0 Å². The van der Waals surface area contributed by atoms with Gasteiger partial charge in [-0.15, -0.1) is 0 Å². The first-order valence-electron chi connectivity index (χ1n) is 8.63. The number of para-hydroxylation sites is 1. The van der Waals surface area contributed by atoms with Gasteiger partial charge in [-0.2, -0.15) is 10.2 Å². The zero-order chi connectivity index (χ0) is 18.8. The highest BCUT2D eigenvalue weighted by Crippen LogP contribution is 2.25. The van der Waals surface area contributed by atoms with Crippen LogP contribution in [0.1, 0.15) is 15.9 Å². The van der Waals surface area contributed by atoms with Gasteiger partial charge in [-0.25, -0.2) is 4.68 Å². The van der Waals surface area contributed by atoms with Gasteiger partial charge in [0, 0.05) is 31.1 Å². The topological polar surface area (TPSA) is 64.7 Å². The molecule has 0 saturated heterocycles. The lowest BCUT2D eigenvalue weighted by molar-refractivity contribution is 0.102. The molecule has 1 N–H and O–H groups in total. The van der Waals surface area contributed by atoms with Gasteiger partial charge in [0.1, 0.15) is 5.69 Å². The molecule has 134 valence electrons. The van der Waals surface area contributed by atoms with Crippen molar-refractivity contribution in [3.8, 4) is 16.9 Å². The second kappa shape index (κ2) is 6.92. The van der Waals surface area contributed by atoms with Crippen molar-refractivity contribution in [2.75, 3.05) is 5.32 Å². The van der Waals surface area contributed by atoms with Crippen LogP contribution < -0.4 is 5.32 Å². The molecular formula is C21H19N5O. The Hall–Kier alpha value is -3.67. The van der Waals surface area contributed by atoms with E-state index in [1.54, 1.807) is 34.9 Å². The number of rotatable bonds is 4. The SMILES string of the molecule is Cc1cccc(-c2nn(-c3ccccc3)cc2C(=O)Nc2ccn(C)n2)c1. The number of aromatic nitrogens is 4. The van der Waals surface area contributed by atoms with Crippen molar-refractivity contribution in [3.63, 3.8) is 0 Å². The third kappa shape index (κ3) is 3.50. The fourth-order valence-corrected chi connectivity index (χ4v) is 2.92. The van der Waals surface area contributed by atoms with Crippen LogP contribution in [0.15, 0.2) is 73.1 Å². The summed E-state index contributed by atoms with van der Waals surface area (Å²) < 4.78 is 3.37. The number of hydrogen-bond donors (Lipinski definition) is 1. The minimum Gasteiger partial charge on any atom is -0.305 e. The first-order chi connectivity index (χ1) is 13.1. The number of benzene rings is 2. The average Bonchev–Trinajstić information content (AvgIpc) is 3.29. The highest BCUT2D eigenvalue weighted by atomic mass is 16.1. The summed E-state index contributed by atoms with van der Waals surface area (Å²) in [6.07, 6.45) is 3.54. The van der Waals surface area contributed by atoms with E-state index < -0.39 is 0 Å². The predicted molar refractivity (Wildman–Crippen MR) is 105 cm³/mol. The standard InChI is InChI=1S/C21H19N5O/c1-15-7-6-8-16(13-15)20-18(21(27)22-19-11-12-25(2)23-19)14-26(24-20)17-9-4-3-5-10-17/h3-14H,1-2H3,(H,22,23,27). The minimum atomic E-state index is -0.243. The molecule has 27 heavy (non-hydrogen) atoms. The van der Waals surface area contributed by atoms with Gasteiger partial charge in [0.15, 0.2) is 5.82 Å². The molecule has 0 aliphatic rings. The van der Waals surface area contributed by atoms with Crippen LogP contribution >= 0.6 is 0 Å². The maximum Gasteiger partial charge on any atom is 0.260 e. The van der Waals surface area contributed by atoms with Crippen molar-refractivity contribution in [1.82, 2.24) is 19.6 Å². The van der Waals surface area contributed by atoms with E-state index in [0.717, 1.165) is 16.8 Å². The Morgan fingerprint density at radius 3 is 2.52 bits per heavy atom. The quantitative estimate of drug-likeness (QED) is 0.604. The van der Waals surface area contributed by atoms with Crippen molar-refractivity contribution < 1.29 is 4.79 Å². The second-order valence-electron chi connectivity index (χ2n) is 6.37. The van der Waals surface area contributed by atoms with Gasteiger partial charge in [-0.1, -0.05) is 42.0 Å². The summed E-state index contributed by atoms with van der Waals surface area (Å²) in [5.74, 6) is 0.262. The lowest BCUT2D eigenvalue weighted by Crippen LogP contribution is -2.13. The normalized spacial score (nSPS) is 10.7. The monoisotopic (exact) mass is 357 g/mol. The highest BCUT2D eigenvalue weighted by Gasteiger charge is 2.19. The predicted octanol–water partition coefficient (Wildman–Crippen LogP) is 3.83. The molecule has 0 bridgehead atoms. The third-order valence-electron chi connectivity index (χ3n) is 4.23. The van der Waals surface area contributed by atoms with Crippen LogP contribution in [0.2, 0.25) is 0 Å². The van der Waals surface area contributed by atoms with Gasteiger partial charge in [-0.05, 0) is 25.1 Å². The number of hydrogen-bond acceptors (Lipinski definition) is 3. The van der Waals surface area contributed by atoms with Gasteiger partial charge >= 0.3 is 0 Å². The average molecular weight is 357 g/mol. The molecule has 4 aromatic rings. The molecular weight excluding hydrogens is 338 g/mol. The summed E-state index contributed by atoms with van der Waals surface area (Å²) in [7, 11) is 1.81. The first kappa shape index (κ1) is 16.8. The molecule has 0 atom stereocenters. The number of carbonyl (C=O) groups excluding carboxylic acids is 1. The Labute approximate surface area is 157 Å². The van der Waals surface area contributed by atoms with Gasteiger partial charge in [0.2, 0.25) is 0 Å². The molecule has 0 aliphatic carbocycles. The lowest BCUT2D eigenvalue weighted by atomic mass is 10.1. The van der Waals surface area contributed by atoms with Crippen LogP contribution in [0.25, 0.3) is 16.9 Å². The van der Waals surface area contributed by atoms with Gasteiger partial charge in [0.05, 0.1) is 11.3 Å². The summed E-state index contributed by atoms with van der Waals surface area (Å²) >= 11 is 0. The molecule has 2 aromatic heterocycles. The van der Waals surface area contributed by atoms with E-state index in [-0.39, 0.29) is 5.91 Å². The van der Waals surface area contributed by atoms with E-state index in [9.17, 15) is 4.79 Å². The fraction of sp³-hybridized carbons (Fsp3) is 0.0952. The summed E-state index contributed by atoms with van der Waals surface area (Å²) in [4.78, 5) is 12.9. The maximum absolute atomic E-state index is 12.9. The number of nitrogens with zero attached hydrogens (tertiary/aromatic N) is 4. The summed E-state index contributed by atoms with van der Waals surface area (Å²) in [5.41, 5.74) is 4.03. The molecule has 0 aliphatic heterocycles. The van der Waals surface area contributed by atoms with Crippen molar-refractivity contribution >= 4 is 11.7 Å². The Bertz CT molecular complexity index is 1090. The zero-order valence-electron chi connectivity index (χ0n) is 15.1. The molecule has 0 fully saturated rings. The van der Waals surface area contributed by atoms with Gasteiger partial charge in [0.25, 0.3) is 5.91 Å². The van der Waals surface area contributed by atoms with Crippen LogP contribution in [0.5, 0.6) is 0 Å². The van der Waals surface area contributed by atoms with E-state index in [4.69, 9.17) is 0 Å². The van der Waals surface area contributed by atoms with Gasteiger partial charge in [-0.3, -0.25) is 9.48 Å². The molecule has 6 nitrogen and oxygen atoms in total. The molecule has 0 spiro atoms. The lowest BCUT2D eigenvalue weighted by Gasteiger charge is -2.04. The summed E-state index contributed by atoms with van der Waals surface area (Å²) in [6, 6.07) is 19.5. The molecule has 1 amide bonds. The summed E-state index contributed by atoms with van der Waals surface area (Å²) in [5, 5.41) is 11.7. The first-order valence-corrected chi connectivity index (χ1v) is 8.63. The Morgan fingerprint density at radius 1 is 1.00 bits per heavy atom. The molecule has 0 radical (unpaired) electrons. The van der Waals surface area contributed by atoms with Crippen LogP contribution in [-0.2, 0) is 7.05 Å². The third-order valence-corrected chi connectivity index (χ3v) is 4.23. The van der Waals surface area contributed by atoms with Crippen LogP contribution in [-0.4, -0.2) is 25.5 Å². The van der Waals surface area contributed by atoms with Gasteiger partial charge < -0.3 is 5.32 Å². The molecule has 2 heterocycles. The van der Waals surface area contributed by atoms with Crippen LogP contribution in [0.3, 0.4) is 0 Å². The number of carbonyl (C=O) groups is 1.